The SMILES string of the molecule is CN1C=CC=C(OC(=O)c2ccccc2)C1c1cccc(NS(C)(=O)=O)c1. The number of hydrogen-bond donors (Lipinski definition) is 1. The van der Waals surface area contributed by atoms with Gasteiger partial charge in [0.25, 0.3) is 0 Å². The lowest BCUT2D eigenvalue weighted by atomic mass is 10.0. The Morgan fingerprint density at radius 1 is 1.11 bits per heavy atom. The van der Waals surface area contributed by atoms with Crippen molar-refractivity contribution in [2.75, 3.05) is 18.0 Å². The fourth-order valence-electron chi connectivity index (χ4n) is 2.87. The van der Waals surface area contributed by atoms with Crippen molar-refractivity contribution in [2.24, 2.45) is 0 Å². The third-order valence-electron chi connectivity index (χ3n) is 3.98. The Hall–Kier alpha value is -3.06. The number of anilines is 1. The Bertz CT molecular complexity index is 998. The first-order chi connectivity index (χ1) is 12.8. The molecule has 1 atom stereocenters. The first-order valence-electron chi connectivity index (χ1n) is 8.29. The number of carbonyl (C=O) groups excluding carboxylic acids is 1. The molecule has 2 aromatic carbocycles. The molecule has 1 heterocycles. The number of carbonyl (C=O) groups is 1. The van der Waals surface area contributed by atoms with Gasteiger partial charge in [-0.3, -0.25) is 4.72 Å². The smallest absolute Gasteiger partial charge is 0.343 e. The molecule has 0 aromatic heterocycles. The van der Waals surface area contributed by atoms with E-state index in [1.54, 1.807) is 54.6 Å². The number of nitrogens with one attached hydrogen (secondary N) is 1. The molecule has 0 saturated carbocycles. The number of allylic oxidation sites excluding steroid dienone is 2. The Labute approximate surface area is 158 Å². The summed E-state index contributed by atoms with van der Waals surface area (Å²) < 4.78 is 31.1. The van der Waals surface area contributed by atoms with Gasteiger partial charge in [-0.2, -0.15) is 0 Å². The molecular weight excluding hydrogens is 364 g/mol. The molecule has 1 unspecified atom stereocenters. The van der Waals surface area contributed by atoms with Crippen LogP contribution in [0.1, 0.15) is 22.0 Å². The van der Waals surface area contributed by atoms with Crippen LogP contribution >= 0.6 is 0 Å². The summed E-state index contributed by atoms with van der Waals surface area (Å²) in [5, 5.41) is 0. The quantitative estimate of drug-likeness (QED) is 0.801. The van der Waals surface area contributed by atoms with Gasteiger partial charge in [0.2, 0.25) is 10.0 Å². The summed E-state index contributed by atoms with van der Waals surface area (Å²) >= 11 is 0. The van der Waals surface area contributed by atoms with Gasteiger partial charge >= 0.3 is 5.97 Å². The van der Waals surface area contributed by atoms with E-state index in [9.17, 15) is 13.2 Å². The van der Waals surface area contributed by atoms with Gasteiger partial charge < -0.3 is 9.64 Å². The van der Waals surface area contributed by atoms with Gasteiger partial charge in [0.1, 0.15) is 11.8 Å². The molecule has 6 nitrogen and oxygen atoms in total. The standard InChI is InChI=1S/C20H20N2O4S/c1-22-13-7-12-18(26-20(23)15-8-4-3-5-9-15)19(22)16-10-6-11-17(14-16)21-27(2,24)25/h3-14,19,21H,1-2H3. The van der Waals surface area contributed by atoms with Crippen LogP contribution in [0, 0.1) is 0 Å². The number of nitrogens with zero attached hydrogens (tertiary/aromatic N) is 1. The molecular formula is C20H20N2O4S. The highest BCUT2D eigenvalue weighted by molar-refractivity contribution is 7.92. The molecule has 0 bridgehead atoms. The molecule has 27 heavy (non-hydrogen) atoms. The topological polar surface area (TPSA) is 75.7 Å². The lowest BCUT2D eigenvalue weighted by Gasteiger charge is -2.31. The number of esters is 1. The van der Waals surface area contributed by atoms with Crippen LogP contribution in [0.4, 0.5) is 5.69 Å². The minimum atomic E-state index is -3.38. The predicted molar refractivity (Wildman–Crippen MR) is 104 cm³/mol. The summed E-state index contributed by atoms with van der Waals surface area (Å²) in [7, 11) is -1.52. The minimum absolute atomic E-state index is 0.357. The minimum Gasteiger partial charge on any atom is -0.425 e. The van der Waals surface area contributed by atoms with Crippen molar-refractivity contribution in [3.63, 3.8) is 0 Å². The van der Waals surface area contributed by atoms with Crippen LogP contribution in [0.2, 0.25) is 0 Å². The molecule has 1 N–H and O–H groups in total. The van der Waals surface area contributed by atoms with E-state index in [0.717, 1.165) is 11.8 Å². The molecule has 1 aliphatic heterocycles. The van der Waals surface area contributed by atoms with Crippen LogP contribution in [0.3, 0.4) is 0 Å². The van der Waals surface area contributed by atoms with Gasteiger partial charge in [-0.1, -0.05) is 30.3 Å². The molecule has 0 radical (unpaired) electrons. The number of benzene rings is 2. The zero-order valence-corrected chi connectivity index (χ0v) is 15.8. The maximum Gasteiger partial charge on any atom is 0.343 e. The van der Waals surface area contributed by atoms with E-state index in [1.165, 1.54) is 0 Å². The molecule has 0 aliphatic carbocycles. The fraction of sp³-hybridized carbons (Fsp3) is 0.150. The molecule has 0 fully saturated rings. The zero-order chi connectivity index (χ0) is 19.4. The van der Waals surface area contributed by atoms with Crippen LogP contribution in [-0.4, -0.2) is 32.6 Å². The molecule has 0 saturated heterocycles. The van der Waals surface area contributed by atoms with E-state index in [0.29, 0.717) is 17.0 Å². The van der Waals surface area contributed by atoms with E-state index < -0.39 is 16.0 Å². The maximum absolute atomic E-state index is 12.5. The summed E-state index contributed by atoms with van der Waals surface area (Å²) in [5.41, 5.74) is 1.70. The van der Waals surface area contributed by atoms with Crippen LogP contribution in [0.15, 0.2) is 78.7 Å². The summed E-state index contributed by atoms with van der Waals surface area (Å²) in [6.07, 6.45) is 6.49. The summed E-state index contributed by atoms with van der Waals surface area (Å²) in [5.74, 6) is 0.0197. The average Bonchev–Trinajstić information content (AvgIpc) is 2.61. The van der Waals surface area contributed by atoms with Crippen molar-refractivity contribution >= 4 is 21.7 Å². The molecule has 7 heteroatoms. The van der Waals surface area contributed by atoms with Gasteiger partial charge in [0.05, 0.1) is 11.8 Å². The fourth-order valence-corrected chi connectivity index (χ4v) is 3.42. The Kier molecular flexibility index (Phi) is 5.32. The van der Waals surface area contributed by atoms with E-state index >= 15 is 0 Å². The number of hydrogen-bond acceptors (Lipinski definition) is 5. The third kappa shape index (κ3) is 4.77. The lowest BCUT2D eigenvalue weighted by molar-refractivity contribution is 0.0572. The van der Waals surface area contributed by atoms with Gasteiger partial charge in [-0.25, -0.2) is 13.2 Å². The van der Waals surface area contributed by atoms with Crippen LogP contribution in [-0.2, 0) is 14.8 Å². The monoisotopic (exact) mass is 384 g/mol. The van der Waals surface area contributed by atoms with Crippen molar-refractivity contribution in [1.82, 2.24) is 4.90 Å². The van der Waals surface area contributed by atoms with E-state index in [-0.39, 0.29) is 6.04 Å². The van der Waals surface area contributed by atoms with Crippen LogP contribution in [0.5, 0.6) is 0 Å². The van der Waals surface area contributed by atoms with Crippen LogP contribution < -0.4 is 4.72 Å². The van der Waals surface area contributed by atoms with E-state index in [4.69, 9.17) is 4.74 Å². The highest BCUT2D eigenvalue weighted by atomic mass is 32.2. The lowest BCUT2D eigenvalue weighted by Crippen LogP contribution is -2.26. The first kappa shape index (κ1) is 18.7. The maximum atomic E-state index is 12.5. The normalized spacial score (nSPS) is 16.6. The second-order valence-electron chi connectivity index (χ2n) is 6.23. The molecule has 140 valence electrons. The van der Waals surface area contributed by atoms with Crippen molar-refractivity contribution in [3.8, 4) is 0 Å². The van der Waals surface area contributed by atoms with E-state index in [2.05, 4.69) is 4.72 Å². The van der Waals surface area contributed by atoms with Gasteiger partial charge in [-0.15, -0.1) is 0 Å². The predicted octanol–water partition coefficient (Wildman–Crippen LogP) is 3.30. The average molecular weight is 384 g/mol. The molecule has 1 aliphatic rings. The Morgan fingerprint density at radius 2 is 1.85 bits per heavy atom. The molecule has 2 aromatic rings. The van der Waals surface area contributed by atoms with Crippen molar-refractivity contribution in [2.45, 2.75) is 6.04 Å². The van der Waals surface area contributed by atoms with Gasteiger partial charge in [0, 0.05) is 12.7 Å². The highest BCUT2D eigenvalue weighted by Crippen LogP contribution is 2.33. The van der Waals surface area contributed by atoms with E-state index in [1.807, 2.05) is 30.3 Å². The largest absolute Gasteiger partial charge is 0.425 e. The summed E-state index contributed by atoms with van der Waals surface area (Å²) in [4.78, 5) is 14.3. The molecule has 0 amide bonds. The molecule has 3 rings (SSSR count). The van der Waals surface area contributed by atoms with Gasteiger partial charge in [0.15, 0.2) is 0 Å². The molecule has 0 spiro atoms. The van der Waals surface area contributed by atoms with Crippen molar-refractivity contribution in [1.29, 1.82) is 0 Å². The van der Waals surface area contributed by atoms with Gasteiger partial charge in [-0.05, 0) is 48.2 Å². The summed E-state index contributed by atoms with van der Waals surface area (Å²) in [6, 6.07) is 15.4. The number of likely N-dealkylation sites (N-methyl/N-ethyl adjacent to an activating group) is 1. The summed E-state index contributed by atoms with van der Waals surface area (Å²) in [6.45, 7) is 0. The Morgan fingerprint density at radius 3 is 2.56 bits per heavy atom. The second-order valence-corrected chi connectivity index (χ2v) is 7.98. The first-order valence-corrected chi connectivity index (χ1v) is 10.2. The number of sulfonamides is 1. The Balaban J connectivity index is 1.88. The van der Waals surface area contributed by atoms with Crippen molar-refractivity contribution in [3.05, 3.63) is 89.8 Å². The third-order valence-corrected chi connectivity index (χ3v) is 4.59. The second kappa shape index (κ2) is 7.67. The van der Waals surface area contributed by atoms with Crippen molar-refractivity contribution < 1.29 is 17.9 Å². The number of rotatable bonds is 5. The highest BCUT2D eigenvalue weighted by Gasteiger charge is 2.26. The number of ether oxygens (including phenoxy) is 1. The van der Waals surface area contributed by atoms with Crippen LogP contribution in [0.25, 0.3) is 0 Å². The zero-order valence-electron chi connectivity index (χ0n) is 15.0.